The highest BCUT2D eigenvalue weighted by atomic mass is 16.5. The summed E-state index contributed by atoms with van der Waals surface area (Å²) in [6, 6.07) is 9.45. The molecule has 0 radical (unpaired) electrons. The predicted octanol–water partition coefficient (Wildman–Crippen LogP) is 1.22. The molecule has 0 saturated carbocycles. The first-order valence-corrected chi connectivity index (χ1v) is 9.08. The smallest absolute Gasteiger partial charge is 0.251 e. The molecule has 2 aromatic rings. The number of benzene rings is 1. The second-order valence-corrected chi connectivity index (χ2v) is 6.48. The first-order valence-electron chi connectivity index (χ1n) is 9.08. The van der Waals surface area contributed by atoms with Gasteiger partial charge in [0.15, 0.2) is 0 Å². The highest BCUT2D eigenvalue weighted by molar-refractivity contribution is 5.94. The highest BCUT2D eigenvalue weighted by Gasteiger charge is 2.13. The first kappa shape index (κ1) is 18.9. The van der Waals surface area contributed by atoms with Gasteiger partial charge in [-0.1, -0.05) is 0 Å². The van der Waals surface area contributed by atoms with Crippen LogP contribution in [0.3, 0.4) is 0 Å². The Bertz CT molecular complexity index is 744. The topological polar surface area (TPSA) is 82.6 Å². The summed E-state index contributed by atoms with van der Waals surface area (Å²) in [6.45, 7) is 4.19. The molecule has 0 spiro atoms. The third-order valence-corrected chi connectivity index (χ3v) is 4.35. The lowest BCUT2D eigenvalue weighted by atomic mass is 10.2. The second-order valence-electron chi connectivity index (χ2n) is 6.48. The van der Waals surface area contributed by atoms with Gasteiger partial charge in [0.25, 0.3) is 5.91 Å². The molecular weight excluding hydrogens is 344 g/mol. The van der Waals surface area contributed by atoms with Gasteiger partial charge in [-0.15, -0.1) is 0 Å². The predicted molar refractivity (Wildman–Crippen MR) is 107 cm³/mol. The van der Waals surface area contributed by atoms with Gasteiger partial charge in [-0.2, -0.15) is 0 Å². The molecule has 2 N–H and O–H groups in total. The number of hydrogen-bond donors (Lipinski definition) is 2. The number of amides is 1. The minimum Gasteiger partial charge on any atom is -0.378 e. The lowest BCUT2D eigenvalue weighted by Crippen LogP contribution is -2.36. The summed E-state index contributed by atoms with van der Waals surface area (Å²) < 4.78 is 5.36. The minimum absolute atomic E-state index is 0.0844. The number of hydrogen-bond acceptors (Lipinski definition) is 7. The summed E-state index contributed by atoms with van der Waals surface area (Å²) in [4.78, 5) is 24.9. The number of anilines is 3. The summed E-state index contributed by atoms with van der Waals surface area (Å²) in [5, 5.41) is 6.14. The largest absolute Gasteiger partial charge is 0.378 e. The van der Waals surface area contributed by atoms with Crippen LogP contribution in [0.25, 0.3) is 0 Å². The third kappa shape index (κ3) is 5.30. The molecule has 1 aromatic heterocycles. The van der Waals surface area contributed by atoms with Gasteiger partial charge in [0.05, 0.1) is 13.2 Å². The van der Waals surface area contributed by atoms with Crippen LogP contribution in [0.5, 0.6) is 0 Å². The van der Waals surface area contributed by atoms with Gasteiger partial charge < -0.3 is 25.2 Å². The average Bonchev–Trinajstić information content (AvgIpc) is 2.72. The molecule has 1 aliphatic heterocycles. The van der Waals surface area contributed by atoms with Crippen molar-refractivity contribution < 1.29 is 9.53 Å². The molecule has 2 heterocycles. The Labute approximate surface area is 159 Å². The van der Waals surface area contributed by atoms with E-state index in [9.17, 15) is 4.79 Å². The number of nitrogens with zero attached hydrogens (tertiary/aromatic N) is 4. The van der Waals surface area contributed by atoms with Gasteiger partial charge in [0.2, 0.25) is 0 Å². The van der Waals surface area contributed by atoms with Gasteiger partial charge in [-0.25, -0.2) is 9.97 Å². The lowest BCUT2D eigenvalue weighted by Gasteiger charge is -2.27. The van der Waals surface area contributed by atoms with E-state index in [1.807, 2.05) is 49.3 Å². The quantitative estimate of drug-likeness (QED) is 0.709. The Morgan fingerprint density at radius 1 is 1.15 bits per heavy atom. The number of nitrogens with one attached hydrogen (secondary N) is 2. The van der Waals surface area contributed by atoms with E-state index >= 15 is 0 Å². The molecule has 0 unspecified atom stereocenters. The van der Waals surface area contributed by atoms with Crippen molar-refractivity contribution in [2.45, 2.75) is 0 Å². The van der Waals surface area contributed by atoms with Gasteiger partial charge in [0.1, 0.15) is 18.0 Å². The highest BCUT2D eigenvalue weighted by Crippen LogP contribution is 2.15. The van der Waals surface area contributed by atoms with Crippen molar-refractivity contribution in [2.24, 2.45) is 0 Å². The van der Waals surface area contributed by atoms with Crippen molar-refractivity contribution in [2.75, 3.05) is 68.6 Å². The van der Waals surface area contributed by atoms with Crippen LogP contribution in [-0.2, 0) is 4.74 Å². The summed E-state index contributed by atoms with van der Waals surface area (Å²) in [5.41, 5.74) is 1.71. The fourth-order valence-corrected chi connectivity index (χ4v) is 2.79. The van der Waals surface area contributed by atoms with E-state index in [2.05, 4.69) is 25.5 Å². The van der Waals surface area contributed by atoms with Gasteiger partial charge in [-0.05, 0) is 24.3 Å². The number of ether oxygens (including phenoxy) is 1. The molecule has 0 bridgehead atoms. The first-order chi connectivity index (χ1) is 13.1. The van der Waals surface area contributed by atoms with E-state index in [1.165, 1.54) is 0 Å². The fraction of sp³-hybridized carbons (Fsp3) is 0.421. The normalized spacial score (nSPS) is 13.9. The molecule has 1 amide bonds. The monoisotopic (exact) mass is 370 g/mol. The zero-order valence-electron chi connectivity index (χ0n) is 15.8. The number of aromatic nitrogens is 2. The van der Waals surface area contributed by atoms with E-state index in [0.717, 1.165) is 30.4 Å². The molecule has 144 valence electrons. The molecule has 1 aliphatic rings. The van der Waals surface area contributed by atoms with Gasteiger partial charge in [0, 0.05) is 57.6 Å². The summed E-state index contributed by atoms with van der Waals surface area (Å²) in [5.74, 6) is 1.55. The van der Waals surface area contributed by atoms with E-state index in [0.29, 0.717) is 31.9 Å². The van der Waals surface area contributed by atoms with E-state index in [4.69, 9.17) is 4.74 Å². The van der Waals surface area contributed by atoms with E-state index in [-0.39, 0.29) is 5.91 Å². The van der Waals surface area contributed by atoms with Crippen molar-refractivity contribution in [3.63, 3.8) is 0 Å². The van der Waals surface area contributed by atoms with Crippen LogP contribution in [0, 0.1) is 0 Å². The Balaban J connectivity index is 1.45. The minimum atomic E-state index is -0.0844. The molecule has 27 heavy (non-hydrogen) atoms. The van der Waals surface area contributed by atoms with Gasteiger partial charge >= 0.3 is 0 Å². The molecule has 1 saturated heterocycles. The molecule has 1 fully saturated rings. The fourth-order valence-electron chi connectivity index (χ4n) is 2.79. The summed E-state index contributed by atoms with van der Waals surface area (Å²) >= 11 is 0. The summed E-state index contributed by atoms with van der Waals surface area (Å²) in [7, 11) is 3.94. The van der Waals surface area contributed by atoms with Crippen molar-refractivity contribution in [1.82, 2.24) is 15.3 Å². The standard InChI is InChI=1S/C19H26N6O2/c1-24(2)16-5-3-15(4-6-16)19(26)21-8-7-20-17-13-18(23-14-22-17)25-9-11-27-12-10-25/h3-6,13-14H,7-12H2,1-2H3,(H,21,26)(H,20,22,23). The molecule has 8 heteroatoms. The Morgan fingerprint density at radius 3 is 2.59 bits per heavy atom. The maximum Gasteiger partial charge on any atom is 0.251 e. The molecule has 1 aromatic carbocycles. The zero-order chi connectivity index (χ0) is 19.1. The summed E-state index contributed by atoms with van der Waals surface area (Å²) in [6.07, 6.45) is 1.55. The SMILES string of the molecule is CN(C)c1ccc(C(=O)NCCNc2cc(N3CCOCC3)ncn2)cc1. The van der Waals surface area contributed by atoms with Crippen LogP contribution in [-0.4, -0.2) is 69.4 Å². The maximum atomic E-state index is 12.2. The zero-order valence-corrected chi connectivity index (χ0v) is 15.8. The van der Waals surface area contributed by atoms with Crippen molar-refractivity contribution >= 4 is 23.2 Å². The number of carbonyl (C=O) groups excluding carboxylic acids is 1. The molecule has 0 atom stereocenters. The van der Waals surface area contributed by atoms with Crippen LogP contribution >= 0.6 is 0 Å². The van der Waals surface area contributed by atoms with Crippen LogP contribution in [0.2, 0.25) is 0 Å². The number of morpholine rings is 1. The van der Waals surface area contributed by atoms with Crippen molar-refractivity contribution in [1.29, 1.82) is 0 Å². The maximum absolute atomic E-state index is 12.2. The molecule has 8 nitrogen and oxygen atoms in total. The van der Waals surface area contributed by atoms with Crippen molar-refractivity contribution in [3.05, 3.63) is 42.2 Å². The number of carbonyl (C=O) groups is 1. The van der Waals surface area contributed by atoms with Crippen LogP contribution in [0.15, 0.2) is 36.7 Å². The van der Waals surface area contributed by atoms with E-state index in [1.54, 1.807) is 6.33 Å². The molecule has 3 rings (SSSR count). The van der Waals surface area contributed by atoms with Crippen molar-refractivity contribution in [3.8, 4) is 0 Å². The van der Waals surface area contributed by atoms with Crippen LogP contribution < -0.4 is 20.4 Å². The van der Waals surface area contributed by atoms with Crippen LogP contribution in [0.4, 0.5) is 17.3 Å². The third-order valence-electron chi connectivity index (χ3n) is 4.35. The molecule has 0 aliphatic carbocycles. The second kappa shape index (κ2) is 9.18. The Kier molecular flexibility index (Phi) is 6.43. The number of rotatable bonds is 7. The molecular formula is C19H26N6O2. The average molecular weight is 370 g/mol. The van der Waals surface area contributed by atoms with Crippen LogP contribution in [0.1, 0.15) is 10.4 Å². The van der Waals surface area contributed by atoms with Gasteiger partial charge in [-0.3, -0.25) is 4.79 Å². The lowest BCUT2D eigenvalue weighted by molar-refractivity contribution is 0.0955. The Hall–Kier alpha value is -2.87. The Morgan fingerprint density at radius 2 is 1.89 bits per heavy atom. The van der Waals surface area contributed by atoms with E-state index < -0.39 is 0 Å².